The molecule has 0 spiro atoms. The number of nitrogens with zero attached hydrogens (tertiary/aromatic N) is 2. The molecule has 0 amide bonds. The second-order valence-electron chi connectivity index (χ2n) is 5.65. The molecule has 21 heavy (non-hydrogen) atoms. The fourth-order valence-corrected chi connectivity index (χ4v) is 3.02. The Morgan fingerprint density at radius 1 is 1.43 bits per heavy atom. The van der Waals surface area contributed by atoms with Crippen molar-refractivity contribution in [2.45, 2.75) is 45.1 Å². The summed E-state index contributed by atoms with van der Waals surface area (Å²) in [6.45, 7) is 6.16. The van der Waals surface area contributed by atoms with Gasteiger partial charge in [-0.05, 0) is 12.8 Å². The molecule has 0 saturated carbocycles. The van der Waals surface area contributed by atoms with Crippen molar-refractivity contribution in [2.75, 3.05) is 31.2 Å². The summed E-state index contributed by atoms with van der Waals surface area (Å²) < 4.78 is 5.54. The second-order valence-corrected chi connectivity index (χ2v) is 5.65. The van der Waals surface area contributed by atoms with Gasteiger partial charge in [0.05, 0.1) is 42.5 Å². The maximum Gasteiger partial charge on any atom is 0.0766 e. The quantitative estimate of drug-likeness (QED) is 0.715. The van der Waals surface area contributed by atoms with Crippen LogP contribution < -0.4 is 17.3 Å². The molecule has 2 unspecified atom stereocenters. The van der Waals surface area contributed by atoms with Crippen LogP contribution >= 0.6 is 0 Å². The number of hydrazine groups is 1. The van der Waals surface area contributed by atoms with Gasteiger partial charge in [-0.3, -0.25) is 10.8 Å². The Bertz CT molecular complexity index is 479. The van der Waals surface area contributed by atoms with Crippen LogP contribution in [0.25, 0.3) is 0 Å². The van der Waals surface area contributed by atoms with Crippen LogP contribution in [0.15, 0.2) is 6.20 Å². The summed E-state index contributed by atoms with van der Waals surface area (Å²) in [5.41, 5.74) is 15.6. The zero-order chi connectivity index (χ0) is 15.4. The van der Waals surface area contributed by atoms with Crippen molar-refractivity contribution in [3.8, 4) is 0 Å². The van der Waals surface area contributed by atoms with Crippen molar-refractivity contribution in [1.82, 2.24) is 9.99 Å². The summed E-state index contributed by atoms with van der Waals surface area (Å²) in [7, 11) is 0. The van der Waals surface area contributed by atoms with Gasteiger partial charge in [0, 0.05) is 18.0 Å². The molecular weight excluding hydrogens is 266 g/mol. The third-order valence-corrected chi connectivity index (χ3v) is 4.24. The Morgan fingerprint density at radius 2 is 2.19 bits per heavy atom. The van der Waals surface area contributed by atoms with Crippen LogP contribution in [0.1, 0.15) is 56.3 Å². The Labute approximate surface area is 126 Å². The van der Waals surface area contributed by atoms with Gasteiger partial charge in [-0.25, -0.2) is 5.01 Å². The van der Waals surface area contributed by atoms with Gasteiger partial charge < -0.3 is 16.2 Å². The summed E-state index contributed by atoms with van der Waals surface area (Å²) in [5, 5.41) is 1.76. The van der Waals surface area contributed by atoms with E-state index in [1.807, 2.05) is 0 Å². The first-order valence-electron chi connectivity index (χ1n) is 7.72. The lowest BCUT2D eigenvalue weighted by Crippen LogP contribution is -2.44. The van der Waals surface area contributed by atoms with E-state index in [9.17, 15) is 0 Å². The monoisotopic (exact) mass is 293 g/mol. The van der Waals surface area contributed by atoms with E-state index in [4.69, 9.17) is 22.0 Å². The summed E-state index contributed by atoms with van der Waals surface area (Å²) in [5.74, 6) is 6.45. The van der Waals surface area contributed by atoms with Crippen LogP contribution in [0, 0.1) is 0 Å². The highest BCUT2D eigenvalue weighted by Crippen LogP contribution is 2.37. The predicted molar refractivity (Wildman–Crippen MR) is 85.5 cm³/mol. The summed E-state index contributed by atoms with van der Waals surface area (Å²) >= 11 is 0. The number of morpholine rings is 1. The lowest BCUT2D eigenvalue weighted by Gasteiger charge is -2.34. The van der Waals surface area contributed by atoms with E-state index in [-0.39, 0.29) is 6.04 Å². The molecule has 0 radical (unpaired) electrons. The van der Waals surface area contributed by atoms with Gasteiger partial charge in [0.25, 0.3) is 0 Å². The third kappa shape index (κ3) is 3.28. The summed E-state index contributed by atoms with van der Waals surface area (Å²) in [6, 6.07) is -0.0976. The smallest absolute Gasteiger partial charge is 0.0766 e. The van der Waals surface area contributed by atoms with Crippen LogP contribution in [-0.4, -0.2) is 29.8 Å². The SMILES string of the molecule is CCCC(CC)c1ncc(N)c(C2COCCN2N)c1N. The van der Waals surface area contributed by atoms with Gasteiger partial charge in [-0.15, -0.1) is 0 Å². The van der Waals surface area contributed by atoms with Crippen LogP contribution in [0.4, 0.5) is 11.4 Å². The average molecular weight is 293 g/mol. The van der Waals surface area contributed by atoms with Crippen LogP contribution in [0.5, 0.6) is 0 Å². The molecule has 1 fully saturated rings. The molecule has 118 valence electrons. The van der Waals surface area contributed by atoms with E-state index >= 15 is 0 Å². The molecule has 1 aliphatic rings. The van der Waals surface area contributed by atoms with Gasteiger partial charge >= 0.3 is 0 Å². The number of hydrogen-bond acceptors (Lipinski definition) is 6. The van der Waals surface area contributed by atoms with Crippen molar-refractivity contribution >= 4 is 11.4 Å². The van der Waals surface area contributed by atoms with Gasteiger partial charge in [0.2, 0.25) is 0 Å². The third-order valence-electron chi connectivity index (χ3n) is 4.24. The molecule has 0 bridgehead atoms. The molecule has 2 rings (SSSR count). The number of aromatic nitrogens is 1. The maximum absolute atomic E-state index is 6.40. The summed E-state index contributed by atoms with van der Waals surface area (Å²) in [4.78, 5) is 4.50. The molecule has 2 heterocycles. The van der Waals surface area contributed by atoms with Gasteiger partial charge in [-0.2, -0.15) is 0 Å². The Kier molecular flexibility index (Phi) is 5.39. The lowest BCUT2D eigenvalue weighted by atomic mass is 9.91. The molecule has 6 heteroatoms. The average Bonchev–Trinajstić information content (AvgIpc) is 2.47. The molecule has 6 nitrogen and oxygen atoms in total. The predicted octanol–water partition coefficient (Wildman–Crippen LogP) is 1.79. The normalized spacial score (nSPS) is 21.4. The molecule has 2 atom stereocenters. The molecule has 0 aliphatic carbocycles. The highest BCUT2D eigenvalue weighted by Gasteiger charge is 2.28. The lowest BCUT2D eigenvalue weighted by molar-refractivity contribution is -0.00847. The Morgan fingerprint density at radius 3 is 2.81 bits per heavy atom. The van der Waals surface area contributed by atoms with Crippen molar-refractivity contribution < 1.29 is 4.74 Å². The first-order valence-corrected chi connectivity index (χ1v) is 7.72. The van der Waals surface area contributed by atoms with Crippen LogP contribution in [0.2, 0.25) is 0 Å². The first kappa shape index (κ1) is 16.0. The minimum Gasteiger partial charge on any atom is -0.397 e. The number of pyridine rings is 1. The zero-order valence-corrected chi connectivity index (χ0v) is 13.0. The van der Waals surface area contributed by atoms with Gasteiger partial charge in [0.1, 0.15) is 0 Å². The van der Waals surface area contributed by atoms with E-state index in [2.05, 4.69) is 18.8 Å². The number of nitrogen functional groups attached to an aromatic ring is 2. The first-order chi connectivity index (χ1) is 10.1. The zero-order valence-electron chi connectivity index (χ0n) is 13.0. The van der Waals surface area contributed by atoms with Crippen molar-refractivity contribution in [3.05, 3.63) is 17.5 Å². The van der Waals surface area contributed by atoms with E-state index in [0.717, 1.165) is 30.5 Å². The largest absolute Gasteiger partial charge is 0.397 e. The highest BCUT2D eigenvalue weighted by atomic mass is 16.5. The molecule has 1 aromatic rings. The number of hydrogen-bond donors (Lipinski definition) is 3. The topological polar surface area (TPSA) is 103 Å². The van der Waals surface area contributed by atoms with Crippen LogP contribution in [-0.2, 0) is 4.74 Å². The molecule has 0 aromatic carbocycles. The molecule has 1 aromatic heterocycles. The van der Waals surface area contributed by atoms with Crippen molar-refractivity contribution in [1.29, 1.82) is 0 Å². The van der Waals surface area contributed by atoms with E-state index in [1.54, 1.807) is 11.2 Å². The number of ether oxygens (including phenoxy) is 1. The standard InChI is InChI=1S/C15H27N5O/c1-3-5-10(4-2)15-14(17)13(11(16)8-19-15)12-9-21-7-6-20(12)18/h8,10,12H,3-7,9,16-18H2,1-2H3. The van der Waals surface area contributed by atoms with E-state index in [1.165, 1.54) is 0 Å². The van der Waals surface area contributed by atoms with E-state index in [0.29, 0.717) is 37.1 Å². The minimum absolute atomic E-state index is 0.0976. The number of rotatable bonds is 5. The maximum atomic E-state index is 6.40. The fraction of sp³-hybridized carbons (Fsp3) is 0.667. The highest BCUT2D eigenvalue weighted by molar-refractivity contribution is 5.64. The van der Waals surface area contributed by atoms with Crippen molar-refractivity contribution in [2.24, 2.45) is 5.84 Å². The Balaban J connectivity index is 2.40. The number of nitrogens with two attached hydrogens (primary N) is 3. The van der Waals surface area contributed by atoms with Gasteiger partial charge in [-0.1, -0.05) is 20.3 Å². The molecule has 1 aliphatic heterocycles. The van der Waals surface area contributed by atoms with Crippen molar-refractivity contribution in [3.63, 3.8) is 0 Å². The summed E-state index contributed by atoms with van der Waals surface area (Å²) in [6.07, 6.45) is 4.91. The molecular formula is C15H27N5O. The molecule has 6 N–H and O–H groups in total. The second kappa shape index (κ2) is 7.06. The van der Waals surface area contributed by atoms with Gasteiger partial charge in [0.15, 0.2) is 0 Å². The fourth-order valence-electron chi connectivity index (χ4n) is 3.02. The Hall–Kier alpha value is -1.37. The molecule has 1 saturated heterocycles. The number of anilines is 2. The minimum atomic E-state index is -0.0976. The van der Waals surface area contributed by atoms with E-state index < -0.39 is 0 Å². The van der Waals surface area contributed by atoms with Crippen LogP contribution in [0.3, 0.4) is 0 Å².